The number of hydrazone groups is 1. The normalized spacial score (nSPS) is 14.6. The molecule has 0 spiro atoms. The minimum absolute atomic E-state index is 0.282. The van der Waals surface area contributed by atoms with Crippen molar-refractivity contribution in [3.63, 3.8) is 0 Å². The number of ether oxygens (including phenoxy) is 2. The van der Waals surface area contributed by atoms with E-state index in [-0.39, 0.29) is 18.3 Å². The van der Waals surface area contributed by atoms with Gasteiger partial charge in [0.1, 0.15) is 12.4 Å². The van der Waals surface area contributed by atoms with Gasteiger partial charge < -0.3 is 9.47 Å². The molecule has 0 radical (unpaired) electrons. The Balaban J connectivity index is 1.53. The Bertz CT molecular complexity index is 1270. The highest BCUT2D eigenvalue weighted by Crippen LogP contribution is 2.32. The number of nitrogens with zero attached hydrogens (tertiary/aromatic N) is 2. The van der Waals surface area contributed by atoms with E-state index in [1.165, 1.54) is 29.3 Å². The van der Waals surface area contributed by atoms with E-state index in [9.17, 15) is 9.18 Å². The second kappa shape index (κ2) is 9.65. The molecule has 0 aliphatic carbocycles. The monoisotopic (exact) mass is 484 g/mol. The maximum Gasteiger partial charge on any atom is 0.280 e. The lowest BCUT2D eigenvalue weighted by Crippen LogP contribution is -2.21. The molecule has 0 bridgehead atoms. The topological polar surface area (TPSA) is 51.1 Å². The van der Waals surface area contributed by atoms with Gasteiger partial charge in [-0.1, -0.05) is 35.3 Å². The first kappa shape index (κ1) is 22.8. The highest BCUT2D eigenvalue weighted by atomic mass is 35.5. The molecule has 0 saturated carbocycles. The Morgan fingerprint density at radius 3 is 2.45 bits per heavy atom. The molecule has 4 rings (SSSR count). The molecule has 3 aromatic carbocycles. The second-order valence-electron chi connectivity index (χ2n) is 7.28. The van der Waals surface area contributed by atoms with Gasteiger partial charge in [-0.3, -0.25) is 4.79 Å². The lowest BCUT2D eigenvalue weighted by molar-refractivity contribution is -0.114. The number of methoxy groups -OCH3 is 1. The van der Waals surface area contributed by atoms with E-state index in [2.05, 4.69) is 5.10 Å². The zero-order chi connectivity index (χ0) is 23.5. The van der Waals surface area contributed by atoms with E-state index in [1.54, 1.807) is 44.4 Å². The maximum atomic E-state index is 13.2. The molecule has 0 N–H and O–H groups in total. The molecule has 3 aromatic rings. The van der Waals surface area contributed by atoms with Crippen molar-refractivity contribution in [2.45, 2.75) is 13.5 Å². The lowest BCUT2D eigenvalue weighted by atomic mass is 10.1. The van der Waals surface area contributed by atoms with E-state index in [1.807, 2.05) is 12.1 Å². The van der Waals surface area contributed by atoms with Crippen molar-refractivity contribution in [3.05, 3.63) is 93.2 Å². The van der Waals surface area contributed by atoms with Crippen LogP contribution in [-0.4, -0.2) is 18.7 Å². The molecular formula is C25H19Cl2FN2O3. The number of hydrogen-bond donors (Lipinski definition) is 0. The van der Waals surface area contributed by atoms with Crippen molar-refractivity contribution in [2.24, 2.45) is 5.10 Å². The van der Waals surface area contributed by atoms with Gasteiger partial charge in [-0.2, -0.15) is 10.1 Å². The van der Waals surface area contributed by atoms with E-state index in [0.29, 0.717) is 38.5 Å². The fourth-order valence-electron chi connectivity index (χ4n) is 3.29. The van der Waals surface area contributed by atoms with Crippen molar-refractivity contribution in [1.29, 1.82) is 0 Å². The standard InChI is InChI=1S/C25H19Cl2FN2O3/c1-15-20(25(31)30(29-15)19-7-5-18(28)6-8-19)11-16-4-10-23(24(13-16)32-2)33-14-17-3-9-21(26)22(27)12-17/h3-13H,14H2,1-2H3/b20-11-. The van der Waals surface area contributed by atoms with Gasteiger partial charge >= 0.3 is 0 Å². The van der Waals surface area contributed by atoms with E-state index < -0.39 is 0 Å². The predicted molar refractivity (Wildman–Crippen MR) is 129 cm³/mol. The molecule has 0 unspecified atom stereocenters. The number of benzene rings is 3. The van der Waals surface area contributed by atoms with Gasteiger partial charge in [0.15, 0.2) is 11.5 Å². The molecule has 1 aliphatic rings. The number of carbonyl (C=O) groups excluding carboxylic acids is 1. The highest BCUT2D eigenvalue weighted by molar-refractivity contribution is 6.42. The maximum absolute atomic E-state index is 13.2. The third-order valence-electron chi connectivity index (χ3n) is 5.01. The number of rotatable bonds is 6. The third-order valence-corrected chi connectivity index (χ3v) is 5.75. The van der Waals surface area contributed by atoms with Crippen LogP contribution in [0.5, 0.6) is 11.5 Å². The molecule has 5 nitrogen and oxygen atoms in total. The Labute approximate surface area is 200 Å². The highest BCUT2D eigenvalue weighted by Gasteiger charge is 2.28. The van der Waals surface area contributed by atoms with Crippen LogP contribution < -0.4 is 14.5 Å². The Kier molecular flexibility index (Phi) is 6.67. The first-order valence-electron chi connectivity index (χ1n) is 9.98. The Hall–Kier alpha value is -3.35. The SMILES string of the molecule is COc1cc(/C=C2\C(=O)N(c3ccc(F)cc3)N=C2C)ccc1OCc1ccc(Cl)c(Cl)c1. The largest absolute Gasteiger partial charge is 0.493 e. The van der Waals surface area contributed by atoms with Crippen molar-refractivity contribution in [3.8, 4) is 11.5 Å². The van der Waals surface area contributed by atoms with E-state index in [4.69, 9.17) is 32.7 Å². The predicted octanol–water partition coefficient (Wildman–Crippen LogP) is 6.53. The molecule has 1 amide bonds. The first-order chi connectivity index (χ1) is 15.9. The summed E-state index contributed by atoms with van der Waals surface area (Å²) in [4.78, 5) is 12.9. The van der Waals surface area contributed by atoms with Crippen molar-refractivity contribution >= 4 is 46.6 Å². The number of carbonyl (C=O) groups is 1. The zero-order valence-corrected chi connectivity index (χ0v) is 19.3. The van der Waals surface area contributed by atoms with Crippen molar-refractivity contribution < 1.29 is 18.7 Å². The fourth-order valence-corrected chi connectivity index (χ4v) is 3.61. The van der Waals surface area contributed by atoms with Gasteiger partial charge in [0.05, 0.1) is 34.1 Å². The van der Waals surface area contributed by atoms with Crippen LogP contribution in [0.3, 0.4) is 0 Å². The van der Waals surface area contributed by atoms with Crippen molar-refractivity contribution in [2.75, 3.05) is 12.1 Å². The molecule has 0 aromatic heterocycles. The van der Waals surface area contributed by atoms with Gasteiger partial charge in [-0.05, 0) is 72.7 Å². The summed E-state index contributed by atoms with van der Waals surface area (Å²) in [7, 11) is 1.54. The van der Waals surface area contributed by atoms with Crippen LogP contribution in [0.4, 0.5) is 10.1 Å². The third kappa shape index (κ3) is 5.02. The van der Waals surface area contributed by atoms with Crippen LogP contribution in [-0.2, 0) is 11.4 Å². The summed E-state index contributed by atoms with van der Waals surface area (Å²) in [6.07, 6.45) is 1.73. The molecule has 168 valence electrons. The molecular weight excluding hydrogens is 466 g/mol. The number of halogens is 3. The van der Waals surface area contributed by atoms with Gasteiger partial charge in [-0.25, -0.2) is 4.39 Å². The summed E-state index contributed by atoms with van der Waals surface area (Å²) in [6.45, 7) is 2.03. The lowest BCUT2D eigenvalue weighted by Gasteiger charge is -2.12. The summed E-state index contributed by atoms with van der Waals surface area (Å²) in [6, 6.07) is 16.3. The molecule has 1 heterocycles. The van der Waals surface area contributed by atoms with Crippen LogP contribution in [0.25, 0.3) is 6.08 Å². The quantitative estimate of drug-likeness (QED) is 0.374. The minimum atomic E-state index is -0.379. The average Bonchev–Trinajstić information content (AvgIpc) is 3.09. The molecule has 8 heteroatoms. The summed E-state index contributed by atoms with van der Waals surface area (Å²) in [5.74, 6) is 0.384. The van der Waals surface area contributed by atoms with E-state index >= 15 is 0 Å². The van der Waals surface area contributed by atoms with Gasteiger partial charge in [0, 0.05) is 0 Å². The second-order valence-corrected chi connectivity index (χ2v) is 8.10. The molecule has 1 aliphatic heterocycles. The van der Waals surface area contributed by atoms with Crippen LogP contribution >= 0.6 is 23.2 Å². The molecule has 0 atom stereocenters. The minimum Gasteiger partial charge on any atom is -0.493 e. The summed E-state index contributed by atoms with van der Waals surface area (Å²) < 4.78 is 24.6. The number of anilines is 1. The van der Waals surface area contributed by atoms with E-state index in [0.717, 1.165) is 11.1 Å². The average molecular weight is 485 g/mol. The Morgan fingerprint density at radius 1 is 1.00 bits per heavy atom. The molecule has 33 heavy (non-hydrogen) atoms. The Morgan fingerprint density at radius 2 is 1.76 bits per heavy atom. The van der Waals surface area contributed by atoms with Gasteiger partial charge in [0.25, 0.3) is 5.91 Å². The van der Waals surface area contributed by atoms with Gasteiger partial charge in [0.2, 0.25) is 0 Å². The summed E-state index contributed by atoms with van der Waals surface area (Å²) in [5.41, 5.74) is 3.09. The van der Waals surface area contributed by atoms with Gasteiger partial charge in [-0.15, -0.1) is 0 Å². The summed E-state index contributed by atoms with van der Waals surface area (Å²) in [5, 5.41) is 6.51. The zero-order valence-electron chi connectivity index (χ0n) is 17.8. The van der Waals surface area contributed by atoms with Crippen LogP contribution in [0.1, 0.15) is 18.1 Å². The number of amides is 1. The smallest absolute Gasteiger partial charge is 0.280 e. The first-order valence-corrected chi connectivity index (χ1v) is 10.7. The number of hydrogen-bond acceptors (Lipinski definition) is 4. The fraction of sp³-hybridized carbons (Fsp3) is 0.120. The molecule has 0 saturated heterocycles. The summed E-state index contributed by atoms with van der Waals surface area (Å²) >= 11 is 12.0. The van der Waals surface area contributed by atoms with Crippen molar-refractivity contribution in [1.82, 2.24) is 0 Å². The molecule has 0 fully saturated rings. The van der Waals surface area contributed by atoms with Crippen LogP contribution in [0, 0.1) is 5.82 Å². The van der Waals surface area contributed by atoms with Crippen LogP contribution in [0.15, 0.2) is 71.3 Å². The van der Waals surface area contributed by atoms with Crippen LogP contribution in [0.2, 0.25) is 10.0 Å².